The Kier molecular flexibility index (Phi) is 5.44. The number of Topliss-reactive ketones (excluding diaryl/α,β-unsaturated/α-hetero) is 1. The molecule has 0 saturated heterocycles. The van der Waals surface area contributed by atoms with E-state index in [4.69, 9.17) is 23.2 Å². The van der Waals surface area contributed by atoms with Crippen molar-refractivity contribution in [3.05, 3.63) is 69.2 Å². The molecule has 0 amide bonds. The molecule has 0 bridgehead atoms. The number of hydrogen-bond donors (Lipinski definition) is 0. The Hall–Kier alpha value is -1.31. The van der Waals surface area contributed by atoms with E-state index in [9.17, 15) is 4.79 Å². The van der Waals surface area contributed by atoms with Crippen LogP contribution >= 0.6 is 23.2 Å². The van der Waals surface area contributed by atoms with Gasteiger partial charge in [-0.3, -0.25) is 4.79 Å². The van der Waals surface area contributed by atoms with Gasteiger partial charge in [-0.15, -0.1) is 0 Å². The third-order valence-corrected chi connectivity index (χ3v) is 4.19. The van der Waals surface area contributed by atoms with Gasteiger partial charge < -0.3 is 0 Å². The Morgan fingerprint density at radius 2 is 1.52 bits per heavy atom. The van der Waals surface area contributed by atoms with Gasteiger partial charge in [0.15, 0.2) is 0 Å². The zero-order chi connectivity index (χ0) is 15.4. The lowest BCUT2D eigenvalue weighted by atomic mass is 9.98. The number of ketones is 1. The van der Waals surface area contributed by atoms with Gasteiger partial charge in [-0.2, -0.15) is 0 Å². The van der Waals surface area contributed by atoms with Crippen molar-refractivity contribution in [2.24, 2.45) is 0 Å². The molecule has 0 aliphatic carbocycles. The van der Waals surface area contributed by atoms with Crippen LogP contribution in [0.3, 0.4) is 0 Å². The zero-order valence-electron chi connectivity index (χ0n) is 12.2. The third-order valence-electron chi connectivity index (χ3n) is 3.48. The van der Waals surface area contributed by atoms with E-state index in [1.807, 2.05) is 12.1 Å². The van der Waals surface area contributed by atoms with Crippen molar-refractivity contribution in [3.63, 3.8) is 0 Å². The van der Waals surface area contributed by atoms with E-state index >= 15 is 0 Å². The molecule has 3 heteroatoms. The zero-order valence-corrected chi connectivity index (χ0v) is 13.7. The second-order valence-corrected chi connectivity index (χ2v) is 6.30. The molecule has 0 radical (unpaired) electrons. The Balaban J connectivity index is 2.05. The second-order valence-electron chi connectivity index (χ2n) is 5.49. The summed E-state index contributed by atoms with van der Waals surface area (Å²) in [4.78, 5) is 12.2. The van der Waals surface area contributed by atoms with Gasteiger partial charge in [-0.05, 0) is 34.7 Å². The van der Waals surface area contributed by atoms with Crippen molar-refractivity contribution in [2.75, 3.05) is 0 Å². The highest BCUT2D eigenvalue weighted by Crippen LogP contribution is 2.25. The largest absolute Gasteiger partial charge is 0.299 e. The molecule has 21 heavy (non-hydrogen) atoms. The number of halogens is 2. The SMILES string of the molecule is CC(C)c1ccc(CC(=O)Cc2c(Cl)cccc2Cl)cc1. The highest BCUT2D eigenvalue weighted by Gasteiger charge is 2.11. The summed E-state index contributed by atoms with van der Waals surface area (Å²) in [6.45, 7) is 4.30. The first-order valence-electron chi connectivity index (χ1n) is 7.01. The molecule has 0 saturated carbocycles. The first kappa shape index (κ1) is 16.1. The van der Waals surface area contributed by atoms with E-state index in [1.165, 1.54) is 5.56 Å². The second kappa shape index (κ2) is 7.11. The lowest BCUT2D eigenvalue weighted by Crippen LogP contribution is -2.07. The third kappa shape index (κ3) is 4.33. The maximum absolute atomic E-state index is 12.2. The van der Waals surface area contributed by atoms with Gasteiger partial charge in [-0.1, -0.05) is 67.4 Å². The van der Waals surface area contributed by atoms with Gasteiger partial charge in [0.1, 0.15) is 5.78 Å². The summed E-state index contributed by atoms with van der Waals surface area (Å²) >= 11 is 12.2. The van der Waals surface area contributed by atoms with E-state index in [1.54, 1.807) is 18.2 Å². The molecule has 2 aromatic rings. The number of benzene rings is 2. The van der Waals surface area contributed by atoms with Gasteiger partial charge in [0.25, 0.3) is 0 Å². The van der Waals surface area contributed by atoms with Gasteiger partial charge >= 0.3 is 0 Å². The Morgan fingerprint density at radius 3 is 2.05 bits per heavy atom. The molecule has 2 aromatic carbocycles. The average Bonchev–Trinajstić information content (AvgIpc) is 2.43. The highest BCUT2D eigenvalue weighted by atomic mass is 35.5. The summed E-state index contributed by atoms with van der Waals surface area (Å²) in [5, 5.41) is 1.09. The van der Waals surface area contributed by atoms with Crippen molar-refractivity contribution in [1.29, 1.82) is 0 Å². The Morgan fingerprint density at radius 1 is 0.952 bits per heavy atom. The molecule has 0 unspecified atom stereocenters. The van der Waals surface area contributed by atoms with Crippen LogP contribution in [0, 0.1) is 0 Å². The molecule has 0 spiro atoms. The van der Waals surface area contributed by atoms with Crippen LogP contribution in [-0.2, 0) is 17.6 Å². The van der Waals surface area contributed by atoms with E-state index < -0.39 is 0 Å². The van der Waals surface area contributed by atoms with Gasteiger partial charge in [-0.25, -0.2) is 0 Å². The molecule has 0 aromatic heterocycles. The highest BCUT2D eigenvalue weighted by molar-refractivity contribution is 6.36. The molecule has 0 fully saturated rings. The molecule has 0 atom stereocenters. The van der Waals surface area contributed by atoms with Gasteiger partial charge in [0.2, 0.25) is 0 Å². The van der Waals surface area contributed by atoms with E-state index in [0.717, 1.165) is 5.56 Å². The summed E-state index contributed by atoms with van der Waals surface area (Å²) < 4.78 is 0. The molecule has 1 nitrogen and oxygen atoms in total. The normalized spacial score (nSPS) is 10.9. The average molecular weight is 321 g/mol. The molecule has 0 aliphatic rings. The molecule has 0 N–H and O–H groups in total. The fourth-order valence-electron chi connectivity index (χ4n) is 2.21. The van der Waals surface area contributed by atoms with Crippen molar-refractivity contribution in [1.82, 2.24) is 0 Å². The Bertz CT molecular complexity index is 610. The summed E-state index contributed by atoms with van der Waals surface area (Å²) in [6, 6.07) is 13.5. The van der Waals surface area contributed by atoms with E-state index in [0.29, 0.717) is 27.9 Å². The minimum Gasteiger partial charge on any atom is -0.299 e. The smallest absolute Gasteiger partial charge is 0.141 e. The lowest BCUT2D eigenvalue weighted by molar-refractivity contribution is -0.117. The predicted molar refractivity (Wildman–Crippen MR) is 89.4 cm³/mol. The maximum Gasteiger partial charge on any atom is 0.141 e. The number of carbonyl (C=O) groups excluding carboxylic acids is 1. The van der Waals surface area contributed by atoms with Crippen LogP contribution < -0.4 is 0 Å². The molecule has 110 valence electrons. The minimum absolute atomic E-state index is 0.113. The summed E-state index contributed by atoms with van der Waals surface area (Å²) in [7, 11) is 0. The van der Waals surface area contributed by atoms with Crippen LogP contribution in [0.5, 0.6) is 0 Å². The van der Waals surface area contributed by atoms with Crippen LogP contribution in [0.25, 0.3) is 0 Å². The van der Waals surface area contributed by atoms with E-state index in [2.05, 4.69) is 26.0 Å². The Labute approximate surface area is 135 Å². The first-order chi connectivity index (χ1) is 9.97. The lowest BCUT2D eigenvalue weighted by Gasteiger charge is -2.08. The molecular formula is C18H18Cl2O. The van der Waals surface area contributed by atoms with Crippen molar-refractivity contribution < 1.29 is 4.79 Å². The van der Waals surface area contributed by atoms with Crippen LogP contribution in [0.4, 0.5) is 0 Å². The van der Waals surface area contributed by atoms with Crippen LogP contribution in [-0.4, -0.2) is 5.78 Å². The minimum atomic E-state index is 0.113. The van der Waals surface area contributed by atoms with Crippen LogP contribution in [0.1, 0.15) is 36.5 Å². The molecule has 0 aliphatic heterocycles. The maximum atomic E-state index is 12.2. The molecular weight excluding hydrogens is 303 g/mol. The van der Waals surface area contributed by atoms with Crippen LogP contribution in [0.2, 0.25) is 10.0 Å². The van der Waals surface area contributed by atoms with Gasteiger partial charge in [0.05, 0.1) is 0 Å². The van der Waals surface area contributed by atoms with Crippen molar-refractivity contribution >= 4 is 29.0 Å². The number of carbonyl (C=O) groups is 1. The fourth-order valence-corrected chi connectivity index (χ4v) is 2.74. The molecule has 0 heterocycles. The summed E-state index contributed by atoms with van der Waals surface area (Å²) in [5.74, 6) is 0.610. The number of hydrogen-bond acceptors (Lipinski definition) is 1. The summed E-state index contributed by atoms with van der Waals surface area (Å²) in [5.41, 5.74) is 3.01. The summed E-state index contributed by atoms with van der Waals surface area (Å²) in [6.07, 6.45) is 0.671. The standard InChI is InChI=1S/C18H18Cl2O/c1-12(2)14-8-6-13(7-9-14)10-15(21)11-16-17(19)4-3-5-18(16)20/h3-9,12H,10-11H2,1-2H3. The first-order valence-corrected chi connectivity index (χ1v) is 7.76. The monoisotopic (exact) mass is 320 g/mol. The molecule has 2 rings (SSSR count). The quantitative estimate of drug-likeness (QED) is 0.713. The van der Waals surface area contributed by atoms with E-state index in [-0.39, 0.29) is 12.2 Å². The van der Waals surface area contributed by atoms with Crippen LogP contribution in [0.15, 0.2) is 42.5 Å². The fraction of sp³-hybridized carbons (Fsp3) is 0.278. The number of rotatable bonds is 5. The van der Waals surface area contributed by atoms with Gasteiger partial charge in [0, 0.05) is 22.9 Å². The topological polar surface area (TPSA) is 17.1 Å². The van der Waals surface area contributed by atoms with Crippen molar-refractivity contribution in [2.45, 2.75) is 32.6 Å². The van der Waals surface area contributed by atoms with Crippen molar-refractivity contribution in [3.8, 4) is 0 Å². The predicted octanol–water partition coefficient (Wildman–Crippen LogP) is 5.47.